The molecule has 0 aromatic carbocycles. The SMILES string of the molecule is C#CCN1CCC(C(N)=O)CC1. The van der Waals surface area contributed by atoms with Crippen LogP contribution in [0.4, 0.5) is 0 Å². The molecule has 12 heavy (non-hydrogen) atoms. The topological polar surface area (TPSA) is 46.3 Å². The predicted octanol–water partition coefficient (Wildman–Crippen LogP) is -0.183. The van der Waals surface area contributed by atoms with Crippen molar-refractivity contribution in [2.24, 2.45) is 11.7 Å². The number of likely N-dealkylation sites (tertiary alicyclic amines) is 1. The molecular formula is C9H14N2O. The average molecular weight is 166 g/mol. The number of terminal acetylenes is 1. The highest BCUT2D eigenvalue weighted by atomic mass is 16.1. The molecular weight excluding hydrogens is 152 g/mol. The lowest BCUT2D eigenvalue weighted by Gasteiger charge is -2.28. The third-order valence-electron chi connectivity index (χ3n) is 2.30. The number of primary amides is 1. The fraction of sp³-hybridized carbons (Fsp3) is 0.667. The van der Waals surface area contributed by atoms with Crippen LogP contribution in [-0.4, -0.2) is 30.4 Å². The summed E-state index contributed by atoms with van der Waals surface area (Å²) >= 11 is 0. The van der Waals surface area contributed by atoms with Gasteiger partial charge >= 0.3 is 0 Å². The first-order valence-electron chi connectivity index (χ1n) is 4.19. The maximum atomic E-state index is 10.8. The highest BCUT2D eigenvalue weighted by molar-refractivity contribution is 5.76. The van der Waals surface area contributed by atoms with Gasteiger partial charge in [-0.05, 0) is 25.9 Å². The summed E-state index contributed by atoms with van der Waals surface area (Å²) in [5.74, 6) is 2.49. The Hall–Kier alpha value is -1.01. The molecule has 1 heterocycles. The van der Waals surface area contributed by atoms with Crippen LogP contribution in [0.15, 0.2) is 0 Å². The molecule has 0 aromatic rings. The molecule has 3 heteroatoms. The van der Waals surface area contributed by atoms with E-state index in [2.05, 4.69) is 10.8 Å². The Kier molecular flexibility index (Phi) is 3.12. The van der Waals surface area contributed by atoms with E-state index in [9.17, 15) is 4.79 Å². The minimum absolute atomic E-state index is 0.0685. The molecule has 1 rings (SSSR count). The zero-order chi connectivity index (χ0) is 8.97. The molecule has 0 bridgehead atoms. The summed E-state index contributed by atoms with van der Waals surface area (Å²) in [4.78, 5) is 12.9. The number of nitrogens with zero attached hydrogens (tertiary/aromatic N) is 1. The van der Waals surface area contributed by atoms with Crippen molar-refractivity contribution in [3.8, 4) is 12.3 Å². The second-order valence-corrected chi connectivity index (χ2v) is 3.16. The molecule has 0 spiro atoms. The number of carbonyl (C=O) groups excluding carboxylic acids is 1. The molecule has 1 saturated heterocycles. The van der Waals surface area contributed by atoms with Gasteiger partial charge < -0.3 is 5.73 Å². The van der Waals surface area contributed by atoms with Gasteiger partial charge in [0.2, 0.25) is 5.91 Å². The molecule has 0 saturated carbocycles. The fourth-order valence-corrected chi connectivity index (χ4v) is 1.50. The van der Waals surface area contributed by atoms with Gasteiger partial charge in [0.05, 0.1) is 6.54 Å². The maximum absolute atomic E-state index is 10.8. The van der Waals surface area contributed by atoms with E-state index in [1.165, 1.54) is 0 Å². The smallest absolute Gasteiger partial charge is 0.220 e. The third kappa shape index (κ3) is 2.24. The maximum Gasteiger partial charge on any atom is 0.220 e. The molecule has 1 amide bonds. The largest absolute Gasteiger partial charge is 0.369 e. The van der Waals surface area contributed by atoms with Crippen molar-refractivity contribution in [2.75, 3.05) is 19.6 Å². The van der Waals surface area contributed by atoms with E-state index in [1.54, 1.807) is 0 Å². The quantitative estimate of drug-likeness (QED) is 0.578. The number of carbonyl (C=O) groups is 1. The molecule has 0 aliphatic carbocycles. The number of amides is 1. The minimum atomic E-state index is -0.171. The zero-order valence-corrected chi connectivity index (χ0v) is 7.12. The van der Waals surface area contributed by atoms with Crippen LogP contribution in [0.25, 0.3) is 0 Å². The second-order valence-electron chi connectivity index (χ2n) is 3.16. The predicted molar refractivity (Wildman–Crippen MR) is 47.2 cm³/mol. The Balaban J connectivity index is 2.30. The Morgan fingerprint density at radius 1 is 1.58 bits per heavy atom. The lowest BCUT2D eigenvalue weighted by Crippen LogP contribution is -2.38. The van der Waals surface area contributed by atoms with Gasteiger partial charge in [-0.15, -0.1) is 6.42 Å². The number of piperidine rings is 1. The average Bonchev–Trinajstić information content (AvgIpc) is 2.06. The van der Waals surface area contributed by atoms with Crippen molar-refractivity contribution in [1.29, 1.82) is 0 Å². The molecule has 66 valence electrons. The van der Waals surface area contributed by atoms with Crippen LogP contribution in [0, 0.1) is 18.3 Å². The molecule has 1 fully saturated rings. The van der Waals surface area contributed by atoms with Crippen LogP contribution in [0.5, 0.6) is 0 Å². The summed E-state index contributed by atoms with van der Waals surface area (Å²) in [6, 6.07) is 0. The minimum Gasteiger partial charge on any atom is -0.369 e. The molecule has 0 aromatic heterocycles. The Labute approximate surface area is 72.9 Å². The van der Waals surface area contributed by atoms with E-state index in [-0.39, 0.29) is 11.8 Å². The summed E-state index contributed by atoms with van der Waals surface area (Å²) in [5.41, 5.74) is 5.19. The number of nitrogens with two attached hydrogens (primary N) is 1. The summed E-state index contributed by atoms with van der Waals surface area (Å²) in [6.45, 7) is 2.49. The highest BCUT2D eigenvalue weighted by Gasteiger charge is 2.21. The lowest BCUT2D eigenvalue weighted by molar-refractivity contribution is -0.123. The van der Waals surface area contributed by atoms with Gasteiger partial charge in [0.1, 0.15) is 0 Å². The summed E-state index contributed by atoms with van der Waals surface area (Å²) in [6.07, 6.45) is 6.89. The molecule has 0 radical (unpaired) electrons. The van der Waals surface area contributed by atoms with Crippen molar-refractivity contribution in [2.45, 2.75) is 12.8 Å². The van der Waals surface area contributed by atoms with Gasteiger partial charge in [-0.3, -0.25) is 9.69 Å². The molecule has 1 aliphatic heterocycles. The van der Waals surface area contributed by atoms with Crippen LogP contribution < -0.4 is 5.73 Å². The molecule has 3 nitrogen and oxygen atoms in total. The molecule has 0 atom stereocenters. The highest BCUT2D eigenvalue weighted by Crippen LogP contribution is 2.15. The van der Waals surface area contributed by atoms with Gasteiger partial charge in [-0.2, -0.15) is 0 Å². The van der Waals surface area contributed by atoms with Gasteiger partial charge in [-0.25, -0.2) is 0 Å². The van der Waals surface area contributed by atoms with Crippen LogP contribution in [-0.2, 0) is 4.79 Å². The van der Waals surface area contributed by atoms with E-state index in [0.717, 1.165) is 25.9 Å². The summed E-state index contributed by atoms with van der Waals surface area (Å²) < 4.78 is 0. The molecule has 1 aliphatic rings. The summed E-state index contributed by atoms with van der Waals surface area (Å²) in [5, 5.41) is 0. The van der Waals surface area contributed by atoms with Crippen LogP contribution in [0.3, 0.4) is 0 Å². The first-order valence-corrected chi connectivity index (χ1v) is 4.19. The number of hydrogen-bond acceptors (Lipinski definition) is 2. The van der Waals surface area contributed by atoms with Crippen molar-refractivity contribution in [3.05, 3.63) is 0 Å². The Bertz CT molecular complexity index is 199. The Morgan fingerprint density at radius 2 is 2.17 bits per heavy atom. The van der Waals surface area contributed by atoms with E-state index < -0.39 is 0 Å². The van der Waals surface area contributed by atoms with Crippen molar-refractivity contribution in [1.82, 2.24) is 4.90 Å². The van der Waals surface area contributed by atoms with E-state index in [4.69, 9.17) is 12.2 Å². The van der Waals surface area contributed by atoms with Crippen molar-refractivity contribution < 1.29 is 4.79 Å². The lowest BCUT2D eigenvalue weighted by atomic mass is 9.96. The number of rotatable bonds is 2. The standard InChI is InChI=1S/C9H14N2O/c1-2-5-11-6-3-8(4-7-11)9(10)12/h1,8H,3-7H2,(H2,10,12). The van der Waals surface area contributed by atoms with Crippen LogP contribution >= 0.6 is 0 Å². The van der Waals surface area contributed by atoms with Crippen molar-refractivity contribution in [3.63, 3.8) is 0 Å². The van der Waals surface area contributed by atoms with E-state index in [1.807, 2.05) is 0 Å². The summed E-state index contributed by atoms with van der Waals surface area (Å²) in [7, 11) is 0. The van der Waals surface area contributed by atoms with E-state index >= 15 is 0 Å². The van der Waals surface area contributed by atoms with Crippen molar-refractivity contribution >= 4 is 5.91 Å². The molecule has 0 unspecified atom stereocenters. The van der Waals surface area contributed by atoms with Gasteiger partial charge in [0.15, 0.2) is 0 Å². The van der Waals surface area contributed by atoms with Gasteiger partial charge in [0, 0.05) is 5.92 Å². The first kappa shape index (κ1) is 9.08. The second kappa shape index (κ2) is 4.13. The number of hydrogen-bond donors (Lipinski definition) is 1. The van der Waals surface area contributed by atoms with Crippen LogP contribution in [0.1, 0.15) is 12.8 Å². The van der Waals surface area contributed by atoms with Gasteiger partial charge in [0.25, 0.3) is 0 Å². The monoisotopic (exact) mass is 166 g/mol. The Morgan fingerprint density at radius 3 is 2.58 bits per heavy atom. The zero-order valence-electron chi connectivity index (χ0n) is 7.12. The fourth-order valence-electron chi connectivity index (χ4n) is 1.50. The van der Waals surface area contributed by atoms with Gasteiger partial charge in [-0.1, -0.05) is 5.92 Å². The normalized spacial score (nSPS) is 20.2. The first-order chi connectivity index (χ1) is 5.74. The molecule has 2 N–H and O–H groups in total. The van der Waals surface area contributed by atoms with E-state index in [0.29, 0.717) is 6.54 Å². The third-order valence-corrected chi connectivity index (χ3v) is 2.30. The van der Waals surface area contributed by atoms with Crippen LogP contribution in [0.2, 0.25) is 0 Å².